The number of nitrogens with zero attached hydrogens (tertiary/aromatic N) is 2. The van der Waals surface area contributed by atoms with E-state index in [1.807, 2.05) is 44.4 Å². The molecule has 0 saturated carbocycles. The highest BCUT2D eigenvalue weighted by atomic mass is 35.5. The van der Waals surface area contributed by atoms with E-state index in [0.717, 1.165) is 18.5 Å². The fraction of sp³-hybridized carbons (Fsp3) is 0.333. The van der Waals surface area contributed by atoms with Gasteiger partial charge in [0.15, 0.2) is 5.82 Å². The maximum absolute atomic E-state index is 12.4. The quantitative estimate of drug-likeness (QED) is 0.760. The van der Waals surface area contributed by atoms with Crippen LogP contribution in [-0.4, -0.2) is 41.6 Å². The number of halogens is 1. The minimum absolute atomic E-state index is 0.114. The van der Waals surface area contributed by atoms with Crippen molar-refractivity contribution in [3.05, 3.63) is 46.6 Å². The Kier molecular flexibility index (Phi) is 5.41. The molecule has 1 aromatic heterocycles. The van der Waals surface area contributed by atoms with E-state index in [-0.39, 0.29) is 28.5 Å². The SMILES string of the molecule is CN(C)CC[C@@H](NC(=O)c1[nH]nc(N)c1Cl)c1ccccc1. The van der Waals surface area contributed by atoms with Crippen molar-refractivity contribution in [2.24, 2.45) is 0 Å². The number of benzene rings is 1. The molecule has 118 valence electrons. The van der Waals surface area contributed by atoms with E-state index >= 15 is 0 Å². The smallest absolute Gasteiger partial charge is 0.271 e. The molecule has 2 rings (SSSR count). The maximum atomic E-state index is 12.4. The second-order valence-electron chi connectivity index (χ2n) is 5.33. The molecule has 0 radical (unpaired) electrons. The molecule has 0 fully saturated rings. The van der Waals surface area contributed by atoms with E-state index in [2.05, 4.69) is 20.4 Å². The van der Waals surface area contributed by atoms with Gasteiger partial charge < -0.3 is 16.0 Å². The summed E-state index contributed by atoms with van der Waals surface area (Å²) in [6, 6.07) is 9.71. The Morgan fingerprint density at radius 2 is 2.09 bits per heavy atom. The standard InChI is InChI=1S/C15H20ClN5O/c1-21(2)9-8-11(10-6-4-3-5-7-10)18-15(22)13-12(16)14(17)20-19-13/h3-7,11H,8-9H2,1-2H3,(H,18,22)(H3,17,19,20)/t11-/m1/s1. The monoisotopic (exact) mass is 321 g/mol. The highest BCUT2D eigenvalue weighted by Crippen LogP contribution is 2.22. The van der Waals surface area contributed by atoms with Gasteiger partial charge in [0.2, 0.25) is 0 Å². The molecule has 0 aliphatic carbocycles. The third-order valence-corrected chi connectivity index (χ3v) is 3.71. The highest BCUT2D eigenvalue weighted by Gasteiger charge is 2.20. The van der Waals surface area contributed by atoms with E-state index in [9.17, 15) is 4.79 Å². The van der Waals surface area contributed by atoms with Crippen LogP contribution in [-0.2, 0) is 0 Å². The van der Waals surface area contributed by atoms with Crippen molar-refractivity contribution in [2.75, 3.05) is 26.4 Å². The van der Waals surface area contributed by atoms with Crippen molar-refractivity contribution < 1.29 is 4.79 Å². The largest absolute Gasteiger partial charge is 0.381 e. The number of aromatic nitrogens is 2. The fourth-order valence-corrected chi connectivity index (χ4v) is 2.29. The van der Waals surface area contributed by atoms with Gasteiger partial charge in [-0.15, -0.1) is 0 Å². The molecule has 0 saturated heterocycles. The van der Waals surface area contributed by atoms with Gasteiger partial charge in [0, 0.05) is 0 Å². The molecule has 0 aliphatic heterocycles. The zero-order valence-electron chi connectivity index (χ0n) is 12.6. The summed E-state index contributed by atoms with van der Waals surface area (Å²) in [7, 11) is 3.99. The van der Waals surface area contributed by atoms with Gasteiger partial charge in [-0.05, 0) is 32.6 Å². The average molecular weight is 322 g/mol. The number of hydrogen-bond donors (Lipinski definition) is 3. The molecular formula is C15H20ClN5O. The fourth-order valence-electron chi connectivity index (χ4n) is 2.12. The molecule has 1 amide bonds. The zero-order valence-corrected chi connectivity index (χ0v) is 13.4. The Morgan fingerprint density at radius 3 is 2.64 bits per heavy atom. The molecular weight excluding hydrogens is 302 g/mol. The van der Waals surface area contributed by atoms with Crippen molar-refractivity contribution in [3.63, 3.8) is 0 Å². The Hall–Kier alpha value is -2.05. The van der Waals surface area contributed by atoms with Gasteiger partial charge in [0.1, 0.15) is 10.7 Å². The van der Waals surface area contributed by atoms with E-state index < -0.39 is 0 Å². The van der Waals surface area contributed by atoms with E-state index in [1.54, 1.807) is 0 Å². The lowest BCUT2D eigenvalue weighted by Gasteiger charge is -2.21. The van der Waals surface area contributed by atoms with Crippen LogP contribution in [0.2, 0.25) is 5.02 Å². The summed E-state index contributed by atoms with van der Waals surface area (Å²) < 4.78 is 0. The molecule has 0 bridgehead atoms. The number of nitrogens with two attached hydrogens (primary N) is 1. The van der Waals surface area contributed by atoms with Gasteiger partial charge in [0.05, 0.1) is 6.04 Å². The summed E-state index contributed by atoms with van der Waals surface area (Å²) in [5, 5.41) is 9.44. The number of carbonyl (C=O) groups excluding carboxylic acids is 1. The number of nitrogens with one attached hydrogen (secondary N) is 2. The van der Waals surface area contributed by atoms with Crippen LogP contribution in [0, 0.1) is 0 Å². The third-order valence-electron chi connectivity index (χ3n) is 3.33. The van der Waals surface area contributed by atoms with Gasteiger partial charge in [0.25, 0.3) is 5.91 Å². The summed E-state index contributed by atoms with van der Waals surface area (Å²) in [6.45, 7) is 0.846. The van der Waals surface area contributed by atoms with E-state index in [4.69, 9.17) is 17.3 Å². The highest BCUT2D eigenvalue weighted by molar-refractivity contribution is 6.35. The number of anilines is 1. The summed E-state index contributed by atoms with van der Waals surface area (Å²) in [5.41, 5.74) is 6.79. The molecule has 1 aromatic carbocycles. The van der Waals surface area contributed by atoms with Crippen LogP contribution in [0.25, 0.3) is 0 Å². The number of hydrogen-bond acceptors (Lipinski definition) is 4. The first-order valence-corrected chi connectivity index (χ1v) is 7.36. The minimum Gasteiger partial charge on any atom is -0.381 e. The molecule has 0 spiro atoms. The van der Waals surface area contributed by atoms with Gasteiger partial charge in [-0.3, -0.25) is 9.89 Å². The van der Waals surface area contributed by atoms with Crippen molar-refractivity contribution >= 4 is 23.3 Å². The number of nitrogen functional groups attached to an aromatic ring is 1. The lowest BCUT2D eigenvalue weighted by Crippen LogP contribution is -2.31. The van der Waals surface area contributed by atoms with Crippen molar-refractivity contribution in [1.82, 2.24) is 20.4 Å². The topological polar surface area (TPSA) is 87.0 Å². The number of H-pyrrole nitrogens is 1. The molecule has 7 heteroatoms. The molecule has 2 aromatic rings. The molecule has 1 heterocycles. The summed E-state index contributed by atoms with van der Waals surface area (Å²) in [4.78, 5) is 14.4. The van der Waals surface area contributed by atoms with Gasteiger partial charge >= 0.3 is 0 Å². The third kappa shape index (κ3) is 3.99. The predicted molar refractivity (Wildman–Crippen MR) is 87.8 cm³/mol. The van der Waals surface area contributed by atoms with Crippen molar-refractivity contribution in [1.29, 1.82) is 0 Å². The van der Waals surface area contributed by atoms with Gasteiger partial charge in [-0.1, -0.05) is 41.9 Å². The number of rotatable bonds is 6. The predicted octanol–water partition coefficient (Wildman–Crippen LogP) is 2.07. The zero-order chi connectivity index (χ0) is 16.1. The first kappa shape index (κ1) is 16.3. The molecule has 0 unspecified atom stereocenters. The second-order valence-corrected chi connectivity index (χ2v) is 5.70. The Labute approximate surface area is 134 Å². The Balaban J connectivity index is 2.15. The molecule has 0 aliphatic rings. The summed E-state index contributed by atoms with van der Waals surface area (Å²) >= 11 is 5.97. The van der Waals surface area contributed by atoms with Crippen LogP contribution >= 0.6 is 11.6 Å². The van der Waals surface area contributed by atoms with Crippen LogP contribution in [0.1, 0.15) is 28.5 Å². The van der Waals surface area contributed by atoms with Gasteiger partial charge in [-0.2, -0.15) is 5.10 Å². The van der Waals surface area contributed by atoms with Crippen molar-refractivity contribution in [3.8, 4) is 0 Å². The molecule has 6 nitrogen and oxygen atoms in total. The maximum Gasteiger partial charge on any atom is 0.271 e. The lowest BCUT2D eigenvalue weighted by molar-refractivity contribution is 0.0928. The summed E-state index contributed by atoms with van der Waals surface area (Å²) in [5.74, 6) is -0.196. The van der Waals surface area contributed by atoms with Gasteiger partial charge in [-0.25, -0.2) is 0 Å². The molecule has 22 heavy (non-hydrogen) atoms. The number of amides is 1. The first-order chi connectivity index (χ1) is 10.5. The van der Waals surface area contributed by atoms with E-state index in [0.29, 0.717) is 0 Å². The van der Waals surface area contributed by atoms with Crippen LogP contribution in [0.3, 0.4) is 0 Å². The minimum atomic E-state index is -0.318. The lowest BCUT2D eigenvalue weighted by atomic mass is 10.0. The Morgan fingerprint density at radius 1 is 1.41 bits per heavy atom. The van der Waals surface area contributed by atoms with Crippen molar-refractivity contribution in [2.45, 2.75) is 12.5 Å². The normalized spacial score (nSPS) is 12.4. The van der Waals surface area contributed by atoms with Crippen LogP contribution in [0.15, 0.2) is 30.3 Å². The second kappa shape index (κ2) is 7.29. The van der Waals surface area contributed by atoms with Crippen LogP contribution in [0.5, 0.6) is 0 Å². The number of aromatic amines is 1. The molecule has 4 N–H and O–H groups in total. The van der Waals surface area contributed by atoms with Crippen LogP contribution in [0.4, 0.5) is 5.82 Å². The summed E-state index contributed by atoms with van der Waals surface area (Å²) in [6.07, 6.45) is 0.782. The van der Waals surface area contributed by atoms with E-state index in [1.165, 1.54) is 0 Å². The number of carbonyl (C=O) groups is 1. The van der Waals surface area contributed by atoms with Crippen LogP contribution < -0.4 is 11.1 Å². The first-order valence-electron chi connectivity index (χ1n) is 6.99. The molecule has 1 atom stereocenters. The Bertz CT molecular complexity index is 626. The average Bonchev–Trinajstić information content (AvgIpc) is 2.84.